The number of rotatable bonds is 1. The number of carbonyl (C=O) groups is 1. The maximum Gasteiger partial charge on any atom is 0.257 e. The van der Waals surface area contributed by atoms with Gasteiger partial charge in [-0.25, -0.2) is 0 Å². The van der Waals surface area contributed by atoms with Gasteiger partial charge in [-0.05, 0) is 37.1 Å². The Hall–Kier alpha value is -3.19. The van der Waals surface area contributed by atoms with Crippen LogP contribution in [0.25, 0.3) is 10.9 Å². The Morgan fingerprint density at radius 1 is 1.15 bits per heavy atom. The highest BCUT2D eigenvalue weighted by Crippen LogP contribution is 2.43. The van der Waals surface area contributed by atoms with E-state index < -0.39 is 0 Å². The van der Waals surface area contributed by atoms with Gasteiger partial charge in [0.25, 0.3) is 5.91 Å². The van der Waals surface area contributed by atoms with Crippen molar-refractivity contribution < 1.29 is 4.79 Å². The van der Waals surface area contributed by atoms with Gasteiger partial charge >= 0.3 is 0 Å². The number of hydrogen-bond donors (Lipinski definition) is 1. The number of amides is 1. The van der Waals surface area contributed by atoms with Crippen molar-refractivity contribution in [2.24, 2.45) is 0 Å². The largest absolute Gasteiger partial charge is 0.355 e. The average Bonchev–Trinajstić information content (AvgIpc) is 3.07. The van der Waals surface area contributed by atoms with E-state index in [9.17, 15) is 4.79 Å². The fraction of sp³-hybridized carbons (Fsp3) is 0.227. The Bertz CT molecular complexity index is 1090. The van der Waals surface area contributed by atoms with E-state index in [2.05, 4.69) is 39.9 Å². The van der Waals surface area contributed by atoms with Crippen LogP contribution in [0.5, 0.6) is 0 Å². The standard InChI is InChI=1S/C22H19N3O/c1-2-3-13-24-19-11-7-5-9-17(19)22(26)25-14-12-16-15-8-4-6-10-18(15)23-20(16)21(24)25/h4-11,21,23H,12-14H2,1H3. The highest BCUT2D eigenvalue weighted by Gasteiger charge is 2.42. The van der Waals surface area contributed by atoms with Crippen LogP contribution < -0.4 is 4.90 Å². The summed E-state index contributed by atoms with van der Waals surface area (Å²) in [6, 6.07) is 16.2. The number of nitrogens with zero attached hydrogens (tertiary/aromatic N) is 2. The number of nitrogens with one attached hydrogen (secondary N) is 1. The van der Waals surface area contributed by atoms with Crippen LogP contribution in [0.1, 0.15) is 34.7 Å². The molecule has 0 fully saturated rings. The number of fused-ring (bicyclic) bond motifs is 6. The van der Waals surface area contributed by atoms with E-state index in [0.717, 1.165) is 35.4 Å². The lowest BCUT2D eigenvalue weighted by Crippen LogP contribution is -2.52. The lowest BCUT2D eigenvalue weighted by atomic mass is 9.95. The van der Waals surface area contributed by atoms with Crippen molar-refractivity contribution >= 4 is 22.5 Å². The topological polar surface area (TPSA) is 39.3 Å². The summed E-state index contributed by atoms with van der Waals surface area (Å²) >= 11 is 0. The summed E-state index contributed by atoms with van der Waals surface area (Å²) in [6.07, 6.45) is 0.742. The molecular weight excluding hydrogens is 322 g/mol. The van der Waals surface area contributed by atoms with Gasteiger partial charge < -0.3 is 14.8 Å². The number of aromatic amines is 1. The number of aromatic nitrogens is 1. The summed E-state index contributed by atoms with van der Waals surface area (Å²) in [5.74, 6) is 6.30. The smallest absolute Gasteiger partial charge is 0.257 e. The molecule has 1 unspecified atom stereocenters. The second-order valence-electron chi connectivity index (χ2n) is 6.76. The second-order valence-corrected chi connectivity index (χ2v) is 6.76. The molecule has 3 aromatic rings. The first-order valence-electron chi connectivity index (χ1n) is 8.95. The molecule has 1 N–H and O–H groups in total. The Morgan fingerprint density at radius 2 is 1.96 bits per heavy atom. The molecule has 5 rings (SSSR count). The van der Waals surface area contributed by atoms with Gasteiger partial charge in [-0.2, -0.15) is 0 Å². The molecule has 1 aromatic heterocycles. The molecular formula is C22H19N3O. The van der Waals surface area contributed by atoms with Gasteiger partial charge in [0, 0.05) is 17.4 Å². The van der Waals surface area contributed by atoms with Crippen LogP contribution in [0, 0.1) is 11.8 Å². The molecule has 4 heteroatoms. The molecule has 1 atom stereocenters. The number of benzene rings is 2. The van der Waals surface area contributed by atoms with Crippen molar-refractivity contribution in [3.8, 4) is 11.8 Å². The number of para-hydroxylation sites is 2. The highest BCUT2D eigenvalue weighted by molar-refractivity contribution is 6.02. The zero-order chi connectivity index (χ0) is 17.7. The van der Waals surface area contributed by atoms with Crippen LogP contribution in [0.2, 0.25) is 0 Å². The van der Waals surface area contributed by atoms with Gasteiger partial charge in [0.1, 0.15) is 6.17 Å². The highest BCUT2D eigenvalue weighted by atomic mass is 16.2. The SMILES string of the molecule is CC#CCN1c2ccccc2C(=O)N2CCc3c([nH]c4ccccc34)C21. The monoisotopic (exact) mass is 341 g/mol. The lowest BCUT2D eigenvalue weighted by molar-refractivity contribution is 0.0631. The third-order valence-corrected chi connectivity index (χ3v) is 5.43. The number of hydrogen-bond acceptors (Lipinski definition) is 2. The Morgan fingerprint density at radius 3 is 2.85 bits per heavy atom. The molecule has 26 heavy (non-hydrogen) atoms. The Kier molecular flexibility index (Phi) is 3.29. The fourth-order valence-electron chi connectivity index (χ4n) is 4.28. The van der Waals surface area contributed by atoms with Gasteiger partial charge in [-0.3, -0.25) is 4.79 Å². The normalized spacial score (nSPS) is 18.0. The van der Waals surface area contributed by atoms with E-state index in [1.54, 1.807) is 0 Å². The molecule has 0 bridgehead atoms. The van der Waals surface area contributed by atoms with Crippen LogP contribution in [0.15, 0.2) is 48.5 Å². The van der Waals surface area contributed by atoms with Gasteiger partial charge in [0.15, 0.2) is 0 Å². The molecule has 2 aliphatic heterocycles. The van der Waals surface area contributed by atoms with Crippen molar-refractivity contribution in [2.75, 3.05) is 18.0 Å². The Balaban J connectivity index is 1.74. The Labute approximate surface area is 152 Å². The van der Waals surface area contributed by atoms with E-state index in [0.29, 0.717) is 6.54 Å². The summed E-state index contributed by atoms with van der Waals surface area (Å²) < 4.78 is 0. The van der Waals surface area contributed by atoms with Crippen molar-refractivity contribution in [2.45, 2.75) is 19.5 Å². The van der Waals surface area contributed by atoms with Crippen molar-refractivity contribution in [1.82, 2.24) is 9.88 Å². The quantitative estimate of drug-likeness (QED) is 0.686. The van der Waals surface area contributed by atoms with Crippen LogP contribution in [-0.4, -0.2) is 28.9 Å². The first-order valence-corrected chi connectivity index (χ1v) is 8.95. The summed E-state index contributed by atoms with van der Waals surface area (Å²) in [6.45, 7) is 3.17. The number of anilines is 1. The molecule has 0 spiro atoms. The molecule has 4 nitrogen and oxygen atoms in total. The van der Waals surface area contributed by atoms with Gasteiger partial charge in [-0.15, -0.1) is 5.92 Å². The second kappa shape index (κ2) is 5.67. The minimum absolute atomic E-state index is 0.107. The average molecular weight is 341 g/mol. The van der Waals surface area contributed by atoms with Gasteiger partial charge in [0.05, 0.1) is 23.5 Å². The minimum atomic E-state index is -0.130. The maximum absolute atomic E-state index is 13.1. The molecule has 0 radical (unpaired) electrons. The van der Waals surface area contributed by atoms with Crippen LogP contribution >= 0.6 is 0 Å². The molecule has 2 aliphatic rings. The van der Waals surface area contributed by atoms with Crippen molar-refractivity contribution in [3.05, 3.63) is 65.4 Å². The van der Waals surface area contributed by atoms with E-state index >= 15 is 0 Å². The zero-order valence-corrected chi connectivity index (χ0v) is 14.6. The maximum atomic E-state index is 13.1. The van der Waals surface area contributed by atoms with Crippen molar-refractivity contribution in [1.29, 1.82) is 0 Å². The van der Waals surface area contributed by atoms with E-state index in [-0.39, 0.29) is 12.1 Å². The molecule has 2 aromatic carbocycles. The molecule has 3 heterocycles. The van der Waals surface area contributed by atoms with Crippen LogP contribution in [0.3, 0.4) is 0 Å². The molecule has 0 saturated carbocycles. The molecule has 0 saturated heterocycles. The summed E-state index contributed by atoms with van der Waals surface area (Å²) in [7, 11) is 0. The first-order chi connectivity index (χ1) is 12.8. The zero-order valence-electron chi connectivity index (χ0n) is 14.6. The van der Waals surface area contributed by atoms with Crippen LogP contribution in [0.4, 0.5) is 5.69 Å². The van der Waals surface area contributed by atoms with Gasteiger partial charge in [-0.1, -0.05) is 36.3 Å². The first kappa shape index (κ1) is 15.1. The van der Waals surface area contributed by atoms with Crippen molar-refractivity contribution in [3.63, 3.8) is 0 Å². The van der Waals surface area contributed by atoms with E-state index in [1.165, 1.54) is 10.9 Å². The minimum Gasteiger partial charge on any atom is -0.355 e. The summed E-state index contributed by atoms with van der Waals surface area (Å²) in [4.78, 5) is 21.0. The lowest BCUT2D eigenvalue weighted by Gasteiger charge is -2.47. The third kappa shape index (κ3) is 2.01. The van der Waals surface area contributed by atoms with Gasteiger partial charge in [0.2, 0.25) is 0 Å². The van der Waals surface area contributed by atoms with E-state index in [1.807, 2.05) is 42.2 Å². The number of H-pyrrole nitrogens is 1. The van der Waals surface area contributed by atoms with Crippen LogP contribution in [-0.2, 0) is 6.42 Å². The molecule has 1 amide bonds. The summed E-state index contributed by atoms with van der Waals surface area (Å²) in [5, 5.41) is 1.26. The number of carbonyl (C=O) groups excluding carboxylic acids is 1. The predicted octanol–water partition coefficient (Wildman–Crippen LogP) is 3.71. The van der Waals surface area contributed by atoms with E-state index in [4.69, 9.17) is 0 Å². The third-order valence-electron chi connectivity index (χ3n) is 5.43. The molecule has 128 valence electrons. The molecule has 0 aliphatic carbocycles. The predicted molar refractivity (Wildman–Crippen MR) is 103 cm³/mol. The summed E-state index contributed by atoms with van der Waals surface area (Å²) in [5.41, 5.74) is 5.31. The fourth-order valence-corrected chi connectivity index (χ4v) is 4.28.